The van der Waals surface area contributed by atoms with Gasteiger partial charge in [-0.2, -0.15) is 0 Å². The van der Waals surface area contributed by atoms with Crippen molar-refractivity contribution in [3.8, 4) is 0 Å². The predicted octanol–water partition coefficient (Wildman–Crippen LogP) is 8.21. The Morgan fingerprint density at radius 2 is 1.03 bits per heavy atom. The van der Waals surface area contributed by atoms with Gasteiger partial charge in [-0.25, -0.2) is 4.79 Å². The molecule has 0 aliphatic heterocycles. The summed E-state index contributed by atoms with van der Waals surface area (Å²) in [6, 6.07) is 13.2. The fraction of sp³-hybridized carbons (Fsp3) is 0.606. The molecule has 0 atom stereocenters. The molecule has 2 rings (SSSR count). The Morgan fingerprint density at radius 1 is 0.639 bits per heavy atom. The molecular weight excluding hydrogens is 442 g/mol. The summed E-state index contributed by atoms with van der Waals surface area (Å²) in [6.07, 6.45) is 0.780. The van der Waals surface area contributed by atoms with E-state index in [1.807, 2.05) is 12.1 Å². The van der Waals surface area contributed by atoms with Crippen LogP contribution in [0.4, 0.5) is 0 Å². The smallest absolute Gasteiger partial charge is 0.338 e. The monoisotopic (exact) mass is 493 g/mol. The van der Waals surface area contributed by atoms with Crippen molar-refractivity contribution in [2.75, 3.05) is 13.2 Å². The third-order valence-corrected chi connectivity index (χ3v) is 6.69. The quantitative estimate of drug-likeness (QED) is 0.312. The largest absolute Gasteiger partial charge is 0.462 e. The number of carbonyl (C=O) groups is 1. The van der Waals surface area contributed by atoms with Gasteiger partial charge in [0.1, 0.15) is 0 Å². The van der Waals surface area contributed by atoms with E-state index in [0.717, 1.165) is 30.6 Å². The van der Waals surface area contributed by atoms with Crippen molar-refractivity contribution in [1.82, 2.24) is 5.32 Å². The van der Waals surface area contributed by atoms with Crippen LogP contribution in [0, 0.1) is 0 Å². The molecule has 0 heterocycles. The number of rotatable bonds is 7. The van der Waals surface area contributed by atoms with Crippen LogP contribution in [0.2, 0.25) is 0 Å². The van der Waals surface area contributed by atoms with E-state index in [2.05, 4.69) is 113 Å². The number of hydrogen-bond donors (Lipinski definition) is 1. The lowest BCUT2D eigenvalue weighted by Gasteiger charge is -2.26. The van der Waals surface area contributed by atoms with Gasteiger partial charge in [-0.3, -0.25) is 0 Å². The Balaban J connectivity index is 1.97. The summed E-state index contributed by atoms with van der Waals surface area (Å²) < 4.78 is 5.66. The van der Waals surface area contributed by atoms with Crippen LogP contribution in [0.5, 0.6) is 0 Å². The van der Waals surface area contributed by atoms with Crippen molar-refractivity contribution in [2.24, 2.45) is 0 Å². The van der Waals surface area contributed by atoms with Crippen molar-refractivity contribution in [3.05, 3.63) is 69.8 Å². The summed E-state index contributed by atoms with van der Waals surface area (Å²) in [7, 11) is 0. The van der Waals surface area contributed by atoms with Crippen LogP contribution >= 0.6 is 0 Å². The standard InChI is InChI=1S/C33H51NO2/c1-30(2,3)25-16-23(17-26(20-25)31(4,5)6)22-34-14-13-15-36-29(35)24-18-27(32(7,8)9)21-28(19-24)33(10,11)12/h16-21,34H,13-15,22H2,1-12H3. The molecule has 0 aromatic heterocycles. The Morgan fingerprint density at radius 3 is 1.42 bits per heavy atom. The van der Waals surface area contributed by atoms with Crippen molar-refractivity contribution in [2.45, 2.75) is 118 Å². The zero-order valence-corrected chi connectivity index (χ0v) is 25.1. The van der Waals surface area contributed by atoms with E-state index >= 15 is 0 Å². The first-order valence-corrected chi connectivity index (χ1v) is 13.5. The van der Waals surface area contributed by atoms with Crippen molar-refractivity contribution < 1.29 is 9.53 Å². The lowest BCUT2D eigenvalue weighted by molar-refractivity contribution is 0.0500. The molecule has 0 amide bonds. The third-order valence-electron chi connectivity index (χ3n) is 6.69. The van der Waals surface area contributed by atoms with E-state index in [1.165, 1.54) is 16.7 Å². The minimum Gasteiger partial charge on any atom is -0.462 e. The molecular formula is C33H51NO2. The van der Waals surface area contributed by atoms with E-state index in [-0.39, 0.29) is 27.6 Å². The summed E-state index contributed by atoms with van der Waals surface area (Å²) >= 11 is 0. The van der Waals surface area contributed by atoms with Crippen LogP contribution in [0.1, 0.15) is 128 Å². The Labute approximate surface area is 221 Å². The number of nitrogens with one attached hydrogen (secondary N) is 1. The zero-order chi connectivity index (χ0) is 27.5. The lowest BCUT2D eigenvalue weighted by atomic mass is 9.79. The highest BCUT2D eigenvalue weighted by molar-refractivity contribution is 5.90. The van der Waals surface area contributed by atoms with Gasteiger partial charge in [0.05, 0.1) is 12.2 Å². The third kappa shape index (κ3) is 8.76. The highest BCUT2D eigenvalue weighted by atomic mass is 16.5. The molecule has 0 spiro atoms. The van der Waals surface area contributed by atoms with Gasteiger partial charge in [0.2, 0.25) is 0 Å². The number of ether oxygens (including phenoxy) is 1. The molecule has 0 unspecified atom stereocenters. The van der Waals surface area contributed by atoms with Crippen molar-refractivity contribution in [1.29, 1.82) is 0 Å². The molecule has 0 radical (unpaired) electrons. The molecule has 0 aliphatic carbocycles. The van der Waals surface area contributed by atoms with Gasteiger partial charge < -0.3 is 10.1 Å². The van der Waals surface area contributed by atoms with Crippen LogP contribution in [0.25, 0.3) is 0 Å². The van der Waals surface area contributed by atoms with Gasteiger partial charge >= 0.3 is 5.97 Å². The molecule has 0 aliphatic rings. The second-order valence-corrected chi connectivity index (χ2v) is 14.4. The number of esters is 1. The minimum absolute atomic E-state index is 0.0304. The van der Waals surface area contributed by atoms with E-state index in [4.69, 9.17) is 4.74 Å². The zero-order valence-electron chi connectivity index (χ0n) is 25.1. The fourth-order valence-corrected chi connectivity index (χ4v) is 3.95. The fourth-order valence-electron chi connectivity index (χ4n) is 3.95. The Hall–Kier alpha value is -2.13. The molecule has 3 nitrogen and oxygen atoms in total. The highest BCUT2D eigenvalue weighted by Gasteiger charge is 2.23. The Bertz CT molecular complexity index is 973. The van der Waals surface area contributed by atoms with E-state index < -0.39 is 0 Å². The average Bonchev–Trinajstić information content (AvgIpc) is 2.73. The maximum Gasteiger partial charge on any atom is 0.338 e. The first-order chi connectivity index (χ1) is 16.3. The van der Waals surface area contributed by atoms with Gasteiger partial charge in [0, 0.05) is 6.54 Å². The molecule has 0 bridgehead atoms. The van der Waals surface area contributed by atoms with Gasteiger partial charge in [-0.05, 0) is 74.6 Å². The van der Waals surface area contributed by atoms with Crippen molar-refractivity contribution >= 4 is 5.97 Å². The van der Waals surface area contributed by atoms with Crippen LogP contribution < -0.4 is 5.32 Å². The van der Waals surface area contributed by atoms with Gasteiger partial charge in [0.15, 0.2) is 0 Å². The van der Waals surface area contributed by atoms with Gasteiger partial charge in [0.25, 0.3) is 0 Å². The van der Waals surface area contributed by atoms with Crippen molar-refractivity contribution in [3.63, 3.8) is 0 Å². The predicted molar refractivity (Wildman–Crippen MR) is 154 cm³/mol. The number of carbonyl (C=O) groups excluding carboxylic acids is 1. The Kier molecular flexibility index (Phi) is 9.27. The highest BCUT2D eigenvalue weighted by Crippen LogP contribution is 2.31. The molecule has 0 saturated carbocycles. The second-order valence-electron chi connectivity index (χ2n) is 14.4. The first-order valence-electron chi connectivity index (χ1n) is 13.5. The maximum atomic E-state index is 12.9. The summed E-state index contributed by atoms with van der Waals surface area (Å²) in [5, 5.41) is 3.54. The van der Waals surface area contributed by atoms with Crippen LogP contribution in [0.15, 0.2) is 36.4 Å². The average molecular weight is 494 g/mol. The van der Waals surface area contributed by atoms with E-state index in [0.29, 0.717) is 12.2 Å². The summed E-state index contributed by atoms with van der Waals surface area (Å²) in [5.74, 6) is -0.237. The molecule has 2 aromatic rings. The topological polar surface area (TPSA) is 38.3 Å². The molecule has 1 N–H and O–H groups in total. The molecule has 200 valence electrons. The SMILES string of the molecule is CC(C)(C)c1cc(CNCCCOC(=O)c2cc(C(C)(C)C)cc(C(C)(C)C)c2)cc(C(C)(C)C)c1. The molecule has 0 fully saturated rings. The number of hydrogen-bond acceptors (Lipinski definition) is 3. The number of benzene rings is 2. The molecule has 0 saturated heterocycles. The van der Waals surface area contributed by atoms with Crippen LogP contribution in [-0.4, -0.2) is 19.1 Å². The summed E-state index contributed by atoms with van der Waals surface area (Å²) in [5.41, 5.74) is 7.18. The maximum absolute atomic E-state index is 12.9. The van der Waals surface area contributed by atoms with E-state index in [1.54, 1.807) is 0 Å². The van der Waals surface area contributed by atoms with Gasteiger partial charge in [-0.1, -0.05) is 107 Å². The first kappa shape index (κ1) is 30.1. The summed E-state index contributed by atoms with van der Waals surface area (Å²) in [4.78, 5) is 12.9. The molecule has 3 heteroatoms. The van der Waals surface area contributed by atoms with E-state index in [9.17, 15) is 4.79 Å². The molecule has 36 heavy (non-hydrogen) atoms. The minimum atomic E-state index is -0.237. The van der Waals surface area contributed by atoms with Crippen LogP contribution in [-0.2, 0) is 32.9 Å². The lowest BCUT2D eigenvalue weighted by Crippen LogP contribution is -2.21. The normalized spacial score (nSPS) is 13.1. The van der Waals surface area contributed by atoms with Gasteiger partial charge in [-0.15, -0.1) is 0 Å². The summed E-state index contributed by atoms with van der Waals surface area (Å²) in [6.45, 7) is 28.7. The van der Waals surface area contributed by atoms with Crippen LogP contribution in [0.3, 0.4) is 0 Å². The second kappa shape index (κ2) is 11.1. The molecule has 2 aromatic carbocycles.